The summed E-state index contributed by atoms with van der Waals surface area (Å²) in [5.41, 5.74) is 0.584. The second kappa shape index (κ2) is 12.3. The molecule has 0 aliphatic rings. The minimum Gasteiger partial charge on any atom is -0.497 e. The van der Waals surface area contributed by atoms with Crippen molar-refractivity contribution < 1.29 is 29.1 Å². The van der Waals surface area contributed by atoms with Gasteiger partial charge in [0.2, 0.25) is 5.75 Å². The van der Waals surface area contributed by atoms with E-state index in [0.717, 1.165) is 12.0 Å². The highest BCUT2D eigenvalue weighted by molar-refractivity contribution is 5.99. The Balaban J connectivity index is 2.26. The number of carboxylic acid groups (broad SMARTS) is 1. The highest BCUT2D eigenvalue weighted by Crippen LogP contribution is 2.36. The SMILES string of the molecule is COc1cc(OC)c([N+](=O)[O-])c(C(=O)N(CCCCC(=O)O)CCCc2ccccc2)c1. The van der Waals surface area contributed by atoms with Gasteiger partial charge in [-0.2, -0.15) is 0 Å². The van der Waals surface area contributed by atoms with E-state index in [1.54, 1.807) is 0 Å². The van der Waals surface area contributed by atoms with Crippen LogP contribution in [0.2, 0.25) is 0 Å². The number of carboxylic acids is 1. The topological polar surface area (TPSA) is 119 Å². The van der Waals surface area contributed by atoms with Gasteiger partial charge in [-0.25, -0.2) is 0 Å². The van der Waals surface area contributed by atoms with Crippen molar-refractivity contribution in [2.45, 2.75) is 32.1 Å². The van der Waals surface area contributed by atoms with Gasteiger partial charge in [0.1, 0.15) is 11.3 Å². The molecule has 2 aromatic rings. The van der Waals surface area contributed by atoms with Crippen molar-refractivity contribution in [3.63, 3.8) is 0 Å². The number of rotatable bonds is 13. The Morgan fingerprint density at radius 2 is 1.72 bits per heavy atom. The van der Waals surface area contributed by atoms with E-state index in [2.05, 4.69) is 0 Å². The zero-order valence-corrected chi connectivity index (χ0v) is 18.3. The Morgan fingerprint density at radius 3 is 2.31 bits per heavy atom. The number of nitro groups is 1. The van der Waals surface area contributed by atoms with Crippen LogP contribution in [0.15, 0.2) is 42.5 Å². The maximum atomic E-state index is 13.4. The quantitative estimate of drug-likeness (QED) is 0.282. The third-order valence-electron chi connectivity index (χ3n) is 5.01. The zero-order valence-electron chi connectivity index (χ0n) is 18.3. The summed E-state index contributed by atoms with van der Waals surface area (Å²) >= 11 is 0. The monoisotopic (exact) mass is 444 g/mol. The molecular formula is C23H28N2O7. The number of aliphatic carboxylic acids is 1. The fraction of sp³-hybridized carbons (Fsp3) is 0.391. The molecule has 0 aliphatic heterocycles. The molecule has 0 radical (unpaired) electrons. The number of carbonyl (C=O) groups is 2. The van der Waals surface area contributed by atoms with Gasteiger partial charge in [-0.05, 0) is 31.2 Å². The molecule has 1 N–H and O–H groups in total. The number of ether oxygens (including phenoxy) is 2. The van der Waals surface area contributed by atoms with Crippen LogP contribution in [-0.2, 0) is 11.2 Å². The zero-order chi connectivity index (χ0) is 23.5. The smallest absolute Gasteiger partial charge is 0.323 e. The summed E-state index contributed by atoms with van der Waals surface area (Å²) in [7, 11) is 2.69. The van der Waals surface area contributed by atoms with Gasteiger partial charge in [-0.3, -0.25) is 19.7 Å². The predicted molar refractivity (Wildman–Crippen MR) is 118 cm³/mol. The summed E-state index contributed by atoms with van der Waals surface area (Å²) in [5.74, 6) is -1.21. The molecule has 0 heterocycles. The first-order valence-corrected chi connectivity index (χ1v) is 10.3. The van der Waals surface area contributed by atoms with Crippen LogP contribution in [0.25, 0.3) is 0 Å². The highest BCUT2D eigenvalue weighted by atomic mass is 16.6. The number of nitrogens with zero attached hydrogens (tertiary/aromatic N) is 2. The van der Waals surface area contributed by atoms with Gasteiger partial charge < -0.3 is 19.5 Å². The molecule has 0 saturated heterocycles. The Kier molecular flexibility index (Phi) is 9.46. The fourth-order valence-electron chi connectivity index (χ4n) is 3.39. The first-order chi connectivity index (χ1) is 15.4. The van der Waals surface area contributed by atoms with Crippen molar-refractivity contribution in [2.24, 2.45) is 0 Å². The number of carbonyl (C=O) groups excluding carboxylic acids is 1. The number of amides is 1. The lowest BCUT2D eigenvalue weighted by Gasteiger charge is -2.23. The summed E-state index contributed by atoms with van der Waals surface area (Å²) < 4.78 is 10.3. The Morgan fingerprint density at radius 1 is 1.03 bits per heavy atom. The molecule has 32 heavy (non-hydrogen) atoms. The molecule has 0 aromatic heterocycles. The van der Waals surface area contributed by atoms with Gasteiger partial charge in [0, 0.05) is 31.6 Å². The molecule has 0 unspecified atom stereocenters. The largest absolute Gasteiger partial charge is 0.497 e. The highest BCUT2D eigenvalue weighted by Gasteiger charge is 2.30. The van der Waals surface area contributed by atoms with Crippen molar-refractivity contribution in [2.75, 3.05) is 27.3 Å². The maximum absolute atomic E-state index is 13.4. The van der Waals surface area contributed by atoms with Crippen molar-refractivity contribution in [3.05, 3.63) is 63.7 Å². The van der Waals surface area contributed by atoms with Gasteiger partial charge in [-0.15, -0.1) is 0 Å². The summed E-state index contributed by atoms with van der Waals surface area (Å²) in [6.45, 7) is 0.662. The Labute approximate surface area is 186 Å². The number of hydrogen-bond donors (Lipinski definition) is 1. The molecule has 9 heteroatoms. The molecule has 9 nitrogen and oxygen atoms in total. The van der Waals surface area contributed by atoms with Crippen LogP contribution in [-0.4, -0.2) is 54.1 Å². The molecule has 0 saturated carbocycles. The second-order valence-electron chi connectivity index (χ2n) is 7.22. The van der Waals surface area contributed by atoms with E-state index in [9.17, 15) is 19.7 Å². The molecule has 2 rings (SSSR count). The minimum absolute atomic E-state index is 0.000817. The predicted octanol–water partition coefficient (Wildman–Crippen LogP) is 3.94. The van der Waals surface area contributed by atoms with E-state index in [0.29, 0.717) is 25.8 Å². The maximum Gasteiger partial charge on any atom is 0.323 e. The number of aryl methyl sites for hydroxylation is 1. The summed E-state index contributed by atoms with van der Waals surface area (Å²) in [4.78, 5) is 36.8. The third kappa shape index (κ3) is 6.97. The molecular weight excluding hydrogens is 416 g/mol. The van der Waals surface area contributed by atoms with E-state index < -0.39 is 22.5 Å². The van der Waals surface area contributed by atoms with E-state index in [1.807, 2.05) is 30.3 Å². The van der Waals surface area contributed by atoms with Gasteiger partial charge in [-0.1, -0.05) is 30.3 Å². The lowest BCUT2D eigenvalue weighted by Crippen LogP contribution is -2.34. The molecule has 0 aliphatic carbocycles. The number of methoxy groups -OCH3 is 2. The fourth-order valence-corrected chi connectivity index (χ4v) is 3.39. The van der Waals surface area contributed by atoms with E-state index in [1.165, 1.54) is 31.3 Å². The normalized spacial score (nSPS) is 10.4. The lowest BCUT2D eigenvalue weighted by molar-refractivity contribution is -0.386. The number of hydrogen-bond acceptors (Lipinski definition) is 6. The van der Waals surface area contributed by atoms with Crippen LogP contribution in [0.1, 0.15) is 41.6 Å². The van der Waals surface area contributed by atoms with Crippen molar-refractivity contribution >= 4 is 17.6 Å². The molecule has 0 spiro atoms. The second-order valence-corrected chi connectivity index (χ2v) is 7.22. The van der Waals surface area contributed by atoms with Crippen molar-refractivity contribution in [1.29, 1.82) is 0 Å². The van der Waals surface area contributed by atoms with Crippen molar-refractivity contribution in [1.82, 2.24) is 4.90 Å². The Hall–Kier alpha value is -3.62. The first kappa shape index (κ1) is 24.6. The molecule has 0 fully saturated rings. The van der Waals surface area contributed by atoms with Crippen LogP contribution >= 0.6 is 0 Å². The average molecular weight is 444 g/mol. The van der Waals surface area contributed by atoms with Gasteiger partial charge in [0.15, 0.2) is 0 Å². The lowest BCUT2D eigenvalue weighted by atomic mass is 10.1. The van der Waals surface area contributed by atoms with Crippen LogP contribution < -0.4 is 9.47 Å². The molecule has 0 atom stereocenters. The minimum atomic E-state index is -0.903. The van der Waals surface area contributed by atoms with E-state index in [-0.39, 0.29) is 30.0 Å². The van der Waals surface area contributed by atoms with E-state index >= 15 is 0 Å². The van der Waals surface area contributed by atoms with Gasteiger partial charge >= 0.3 is 11.7 Å². The number of nitro benzene ring substituents is 1. The molecule has 172 valence electrons. The standard InChI is InChI=1S/C23H28N2O7/c1-31-18-15-19(22(25(29)30)20(16-18)32-2)23(28)24(13-7-6-12-21(26)27)14-8-11-17-9-4-3-5-10-17/h3-5,9-10,15-16H,6-8,11-14H2,1-2H3,(H,26,27). The van der Waals surface area contributed by atoms with Crippen molar-refractivity contribution in [3.8, 4) is 11.5 Å². The van der Waals surface area contributed by atoms with Crippen LogP contribution in [0.4, 0.5) is 5.69 Å². The van der Waals surface area contributed by atoms with E-state index in [4.69, 9.17) is 14.6 Å². The summed E-state index contributed by atoms with van der Waals surface area (Å²) in [6.07, 6.45) is 2.27. The number of unbranched alkanes of at least 4 members (excludes halogenated alkanes) is 1. The summed E-state index contributed by atoms with van der Waals surface area (Å²) in [6, 6.07) is 12.5. The van der Waals surface area contributed by atoms with Gasteiger partial charge in [0.05, 0.1) is 19.1 Å². The van der Waals surface area contributed by atoms with Gasteiger partial charge in [0.25, 0.3) is 5.91 Å². The first-order valence-electron chi connectivity index (χ1n) is 10.3. The van der Waals surface area contributed by atoms with Crippen LogP contribution in [0, 0.1) is 10.1 Å². The summed E-state index contributed by atoms with van der Waals surface area (Å²) in [5, 5.41) is 20.6. The van der Waals surface area contributed by atoms with Crippen LogP contribution in [0.5, 0.6) is 11.5 Å². The van der Waals surface area contributed by atoms with Crippen LogP contribution in [0.3, 0.4) is 0 Å². The molecule has 2 aromatic carbocycles. The molecule has 0 bridgehead atoms. The molecule has 1 amide bonds. The third-order valence-corrected chi connectivity index (χ3v) is 5.01. The average Bonchev–Trinajstić information content (AvgIpc) is 2.79. The number of benzene rings is 2. The Bertz CT molecular complexity index is 931.